The van der Waals surface area contributed by atoms with Crippen molar-refractivity contribution in [2.45, 2.75) is 20.3 Å². The Morgan fingerprint density at radius 2 is 0.524 bits per heavy atom. The normalized spacial score (nSPS) is 12.4. The van der Waals surface area contributed by atoms with Crippen LogP contribution in [0.3, 0.4) is 0 Å². The fraction of sp³-hybridized carbons (Fsp3) is 1.00. The molecule has 0 saturated carbocycles. The lowest BCUT2D eigenvalue weighted by Crippen LogP contribution is -2.16. The van der Waals surface area contributed by atoms with Gasteiger partial charge in [0.25, 0.3) is 0 Å². The van der Waals surface area contributed by atoms with E-state index < -0.39 is 0 Å². The molecule has 13 heteroatoms. The molecule has 0 fully saturated rings. The minimum absolute atomic E-state index is 0.516. The summed E-state index contributed by atoms with van der Waals surface area (Å²) >= 11 is 0. The number of ether oxygens (including phenoxy) is 12. The van der Waals surface area contributed by atoms with E-state index in [9.17, 15) is 0 Å². The van der Waals surface area contributed by atoms with Crippen molar-refractivity contribution in [3.8, 4) is 0 Å². The monoisotopic (exact) mass is 615 g/mol. The molecule has 0 aromatic rings. The summed E-state index contributed by atoms with van der Waals surface area (Å²) < 4.78 is 65.2. The van der Waals surface area contributed by atoms with E-state index in [2.05, 4.69) is 13.8 Å². The third-order valence-electron chi connectivity index (χ3n) is 5.45. The SMILES string of the molecule is CCC(C)COCCOCCOCCOCCOCCOCCOCCOCCOCCOCCOCCOCCN. The molecule has 2 N–H and O–H groups in total. The molecule has 0 aliphatic carbocycles. The standard InChI is InChI=1S/C29H61NO12/c1-3-29(2)28-42-27-26-41-25-24-40-23-22-39-21-20-38-19-18-37-17-16-36-15-14-35-13-12-34-11-10-33-9-8-32-7-6-31-5-4-30/h29H,3-28,30H2,1-2H3. The molecular weight excluding hydrogens is 554 g/mol. The van der Waals surface area contributed by atoms with Crippen LogP contribution >= 0.6 is 0 Å². The minimum atomic E-state index is 0.516. The number of rotatable bonds is 38. The van der Waals surface area contributed by atoms with Crippen molar-refractivity contribution in [3.63, 3.8) is 0 Å². The van der Waals surface area contributed by atoms with Gasteiger partial charge in [-0.25, -0.2) is 0 Å². The lowest BCUT2D eigenvalue weighted by atomic mass is 10.1. The number of hydrogen-bond acceptors (Lipinski definition) is 13. The van der Waals surface area contributed by atoms with Crippen LogP contribution in [0.2, 0.25) is 0 Å². The maximum absolute atomic E-state index is 5.53. The first kappa shape index (κ1) is 41.5. The van der Waals surface area contributed by atoms with E-state index in [0.717, 1.165) is 13.0 Å². The summed E-state index contributed by atoms with van der Waals surface area (Å²) in [5.74, 6) is 0.598. The smallest absolute Gasteiger partial charge is 0.0701 e. The van der Waals surface area contributed by atoms with Crippen LogP contribution in [0, 0.1) is 5.92 Å². The molecule has 13 nitrogen and oxygen atoms in total. The summed E-state index contributed by atoms with van der Waals surface area (Å²) in [7, 11) is 0. The molecule has 0 amide bonds. The summed E-state index contributed by atoms with van der Waals surface area (Å²) in [6, 6.07) is 0. The van der Waals surface area contributed by atoms with Gasteiger partial charge in [-0.15, -0.1) is 0 Å². The van der Waals surface area contributed by atoms with Crippen molar-refractivity contribution in [2.75, 3.05) is 165 Å². The highest BCUT2D eigenvalue weighted by Crippen LogP contribution is 2.00. The van der Waals surface area contributed by atoms with Gasteiger partial charge in [0, 0.05) is 13.2 Å². The number of hydrogen-bond donors (Lipinski definition) is 1. The summed E-state index contributed by atoms with van der Waals surface area (Å²) in [4.78, 5) is 0. The van der Waals surface area contributed by atoms with Crippen LogP contribution in [0.4, 0.5) is 0 Å². The van der Waals surface area contributed by atoms with E-state index in [1.165, 1.54) is 0 Å². The zero-order valence-corrected chi connectivity index (χ0v) is 26.4. The van der Waals surface area contributed by atoms with Crippen LogP contribution < -0.4 is 5.73 Å². The Hall–Kier alpha value is -0.520. The molecule has 0 radical (unpaired) electrons. The molecular formula is C29H61NO12. The van der Waals surface area contributed by atoms with Crippen LogP contribution in [0.5, 0.6) is 0 Å². The van der Waals surface area contributed by atoms with E-state index in [0.29, 0.717) is 164 Å². The molecule has 0 heterocycles. The molecule has 0 aliphatic heterocycles. The van der Waals surface area contributed by atoms with Crippen molar-refractivity contribution in [1.29, 1.82) is 0 Å². The van der Waals surface area contributed by atoms with E-state index in [4.69, 9.17) is 62.6 Å². The second-order valence-electron chi connectivity index (χ2n) is 9.11. The topological polar surface area (TPSA) is 137 Å². The summed E-state index contributed by atoms with van der Waals surface area (Å²) in [6.07, 6.45) is 1.13. The van der Waals surface area contributed by atoms with Crippen molar-refractivity contribution in [3.05, 3.63) is 0 Å². The molecule has 0 bridgehead atoms. The van der Waals surface area contributed by atoms with Crippen molar-refractivity contribution >= 4 is 0 Å². The Morgan fingerprint density at radius 3 is 0.714 bits per heavy atom. The molecule has 0 spiro atoms. The zero-order valence-electron chi connectivity index (χ0n) is 26.4. The third kappa shape index (κ3) is 37.5. The van der Waals surface area contributed by atoms with Crippen molar-refractivity contribution < 1.29 is 56.8 Å². The second-order valence-corrected chi connectivity index (χ2v) is 9.11. The second kappa shape index (κ2) is 38.5. The molecule has 1 unspecified atom stereocenters. The lowest BCUT2D eigenvalue weighted by molar-refractivity contribution is -0.0285. The molecule has 0 rings (SSSR count). The van der Waals surface area contributed by atoms with Crippen LogP contribution in [0.1, 0.15) is 20.3 Å². The molecule has 254 valence electrons. The van der Waals surface area contributed by atoms with Gasteiger partial charge in [0.1, 0.15) is 0 Å². The average Bonchev–Trinajstić information content (AvgIpc) is 3.00. The van der Waals surface area contributed by atoms with E-state index in [1.807, 2.05) is 0 Å². The van der Waals surface area contributed by atoms with Gasteiger partial charge in [-0.3, -0.25) is 0 Å². The van der Waals surface area contributed by atoms with Crippen molar-refractivity contribution in [1.82, 2.24) is 0 Å². The van der Waals surface area contributed by atoms with Gasteiger partial charge in [-0.2, -0.15) is 0 Å². The summed E-state index contributed by atoms with van der Waals surface area (Å²) in [5, 5.41) is 0. The lowest BCUT2D eigenvalue weighted by Gasteiger charge is -2.10. The van der Waals surface area contributed by atoms with Crippen molar-refractivity contribution in [2.24, 2.45) is 11.7 Å². The molecule has 0 aromatic heterocycles. The Bertz CT molecular complexity index is 482. The molecule has 1 atom stereocenters. The van der Waals surface area contributed by atoms with Gasteiger partial charge in [-0.05, 0) is 5.92 Å². The first-order valence-corrected chi connectivity index (χ1v) is 15.4. The van der Waals surface area contributed by atoms with E-state index >= 15 is 0 Å². The molecule has 0 aromatic carbocycles. The Morgan fingerprint density at radius 1 is 0.333 bits per heavy atom. The number of nitrogens with two attached hydrogens (primary N) is 1. The average molecular weight is 616 g/mol. The summed E-state index contributed by atoms with van der Waals surface area (Å²) in [5.41, 5.74) is 5.33. The fourth-order valence-corrected chi connectivity index (χ4v) is 2.90. The zero-order chi connectivity index (χ0) is 30.4. The van der Waals surface area contributed by atoms with Gasteiger partial charge < -0.3 is 62.6 Å². The molecule has 0 saturated heterocycles. The van der Waals surface area contributed by atoms with Crippen LogP contribution in [-0.2, 0) is 56.8 Å². The van der Waals surface area contributed by atoms with Gasteiger partial charge in [0.2, 0.25) is 0 Å². The largest absolute Gasteiger partial charge is 0.379 e. The molecule has 42 heavy (non-hydrogen) atoms. The van der Waals surface area contributed by atoms with Gasteiger partial charge in [0.15, 0.2) is 0 Å². The van der Waals surface area contributed by atoms with Crippen LogP contribution in [0.25, 0.3) is 0 Å². The highest BCUT2D eigenvalue weighted by atomic mass is 16.6. The highest BCUT2D eigenvalue weighted by Gasteiger charge is 1.99. The summed E-state index contributed by atoms with van der Waals surface area (Å²) in [6.45, 7) is 18.0. The first-order valence-electron chi connectivity index (χ1n) is 15.4. The quantitative estimate of drug-likeness (QED) is 0.0997. The Balaban J connectivity index is 3.04. The van der Waals surface area contributed by atoms with Gasteiger partial charge >= 0.3 is 0 Å². The van der Waals surface area contributed by atoms with Gasteiger partial charge in [0.05, 0.1) is 152 Å². The maximum atomic E-state index is 5.53. The molecule has 0 aliphatic rings. The minimum Gasteiger partial charge on any atom is -0.379 e. The van der Waals surface area contributed by atoms with E-state index in [1.54, 1.807) is 0 Å². The highest BCUT2D eigenvalue weighted by molar-refractivity contribution is 4.46. The predicted molar refractivity (Wildman–Crippen MR) is 158 cm³/mol. The third-order valence-corrected chi connectivity index (χ3v) is 5.45. The fourth-order valence-electron chi connectivity index (χ4n) is 2.90. The Labute approximate surface area is 254 Å². The van der Waals surface area contributed by atoms with Crippen LogP contribution in [-0.4, -0.2) is 165 Å². The predicted octanol–water partition coefficient (Wildman–Crippen LogP) is 1.19. The van der Waals surface area contributed by atoms with Gasteiger partial charge in [-0.1, -0.05) is 20.3 Å². The maximum Gasteiger partial charge on any atom is 0.0701 e. The Kier molecular flexibility index (Phi) is 38.0. The van der Waals surface area contributed by atoms with E-state index in [-0.39, 0.29) is 0 Å². The van der Waals surface area contributed by atoms with Crippen LogP contribution in [0.15, 0.2) is 0 Å². The first-order chi connectivity index (χ1) is 20.8.